The Morgan fingerprint density at radius 3 is 2.48 bits per heavy atom. The summed E-state index contributed by atoms with van der Waals surface area (Å²) in [5, 5.41) is 6.45. The first kappa shape index (κ1) is 20.3. The van der Waals surface area contributed by atoms with E-state index >= 15 is 0 Å². The summed E-state index contributed by atoms with van der Waals surface area (Å²) in [4.78, 5) is 8.78. The molecule has 0 aliphatic rings. The van der Waals surface area contributed by atoms with Crippen molar-refractivity contribution in [3.63, 3.8) is 0 Å². The lowest BCUT2D eigenvalue weighted by Crippen LogP contribution is -2.13. The van der Waals surface area contributed by atoms with Crippen LogP contribution in [0.1, 0.15) is 13.8 Å². The maximum atomic E-state index is 5.83. The molecule has 2 N–H and O–H groups in total. The molecule has 0 fully saturated rings. The maximum absolute atomic E-state index is 5.83. The third-order valence-corrected chi connectivity index (χ3v) is 3.89. The molecular formula is C22H26N4O3. The standard InChI is InChI=1S/C22H26N4O3/c1-16(2)29-20-7-5-4-6-19(20)25-22-24-13-12-21(26-22)23-14-15-28-18-10-8-17(27-3)9-11-18/h4-13,16H,14-15H2,1-3H3,(H2,23,24,25,26). The van der Waals surface area contributed by atoms with E-state index in [2.05, 4.69) is 20.6 Å². The van der Waals surface area contributed by atoms with Crippen LogP contribution in [0.2, 0.25) is 0 Å². The third-order valence-electron chi connectivity index (χ3n) is 3.89. The lowest BCUT2D eigenvalue weighted by atomic mass is 10.3. The molecule has 0 spiro atoms. The fourth-order valence-electron chi connectivity index (χ4n) is 2.58. The predicted molar refractivity (Wildman–Crippen MR) is 114 cm³/mol. The van der Waals surface area contributed by atoms with Crippen LogP contribution >= 0.6 is 0 Å². The molecule has 7 nitrogen and oxygen atoms in total. The van der Waals surface area contributed by atoms with Gasteiger partial charge in [-0.05, 0) is 56.3 Å². The number of methoxy groups -OCH3 is 1. The van der Waals surface area contributed by atoms with Gasteiger partial charge in [-0.1, -0.05) is 12.1 Å². The number of nitrogens with zero attached hydrogens (tertiary/aromatic N) is 2. The van der Waals surface area contributed by atoms with E-state index in [1.165, 1.54) is 0 Å². The van der Waals surface area contributed by atoms with E-state index in [1.807, 2.05) is 68.4 Å². The van der Waals surface area contributed by atoms with Gasteiger partial charge in [0.15, 0.2) is 0 Å². The average molecular weight is 394 g/mol. The molecule has 0 unspecified atom stereocenters. The van der Waals surface area contributed by atoms with E-state index in [9.17, 15) is 0 Å². The Morgan fingerprint density at radius 2 is 1.72 bits per heavy atom. The highest BCUT2D eigenvalue weighted by molar-refractivity contribution is 5.63. The Labute approximate surface area is 171 Å². The van der Waals surface area contributed by atoms with Crippen molar-refractivity contribution in [2.45, 2.75) is 20.0 Å². The van der Waals surface area contributed by atoms with E-state index in [1.54, 1.807) is 13.3 Å². The van der Waals surface area contributed by atoms with Gasteiger partial charge in [-0.2, -0.15) is 4.98 Å². The van der Waals surface area contributed by atoms with Crippen molar-refractivity contribution in [3.8, 4) is 17.2 Å². The molecular weight excluding hydrogens is 368 g/mol. The van der Waals surface area contributed by atoms with Crippen LogP contribution in [0.3, 0.4) is 0 Å². The van der Waals surface area contributed by atoms with E-state index in [0.717, 1.165) is 22.9 Å². The van der Waals surface area contributed by atoms with E-state index in [0.29, 0.717) is 24.9 Å². The van der Waals surface area contributed by atoms with E-state index in [-0.39, 0.29) is 6.10 Å². The van der Waals surface area contributed by atoms with Crippen molar-refractivity contribution >= 4 is 17.5 Å². The Hall–Kier alpha value is -3.48. The van der Waals surface area contributed by atoms with Gasteiger partial charge >= 0.3 is 0 Å². The van der Waals surface area contributed by atoms with Crippen molar-refractivity contribution in [2.75, 3.05) is 30.9 Å². The third kappa shape index (κ3) is 6.27. The molecule has 0 aliphatic carbocycles. The van der Waals surface area contributed by atoms with Crippen LogP contribution in [0.25, 0.3) is 0 Å². The highest BCUT2D eigenvalue weighted by Crippen LogP contribution is 2.27. The summed E-state index contributed by atoms with van der Waals surface area (Å²) in [6, 6.07) is 17.0. The first-order chi connectivity index (χ1) is 14.1. The van der Waals surface area contributed by atoms with Gasteiger partial charge in [0, 0.05) is 6.20 Å². The number of nitrogens with one attached hydrogen (secondary N) is 2. The molecule has 0 aliphatic heterocycles. The molecule has 0 radical (unpaired) electrons. The fourth-order valence-corrected chi connectivity index (χ4v) is 2.58. The number of para-hydroxylation sites is 2. The molecule has 0 amide bonds. The number of hydrogen-bond acceptors (Lipinski definition) is 7. The summed E-state index contributed by atoms with van der Waals surface area (Å²) in [5.74, 6) is 3.56. The minimum Gasteiger partial charge on any atom is -0.497 e. The summed E-state index contributed by atoms with van der Waals surface area (Å²) in [6.45, 7) is 5.09. The van der Waals surface area contributed by atoms with Crippen LogP contribution < -0.4 is 24.8 Å². The van der Waals surface area contributed by atoms with E-state index < -0.39 is 0 Å². The molecule has 3 aromatic rings. The van der Waals surface area contributed by atoms with Crippen LogP contribution in [0.15, 0.2) is 60.8 Å². The van der Waals surface area contributed by atoms with Gasteiger partial charge in [-0.3, -0.25) is 0 Å². The zero-order chi connectivity index (χ0) is 20.5. The molecule has 1 heterocycles. The first-order valence-electron chi connectivity index (χ1n) is 9.50. The number of anilines is 3. The van der Waals surface area contributed by atoms with Gasteiger partial charge in [0.2, 0.25) is 5.95 Å². The Kier molecular flexibility index (Phi) is 7.10. The van der Waals surface area contributed by atoms with Crippen molar-refractivity contribution in [2.24, 2.45) is 0 Å². The second kappa shape index (κ2) is 10.2. The molecule has 7 heteroatoms. The summed E-state index contributed by atoms with van der Waals surface area (Å²) < 4.78 is 16.7. The van der Waals surface area contributed by atoms with Gasteiger partial charge in [-0.15, -0.1) is 0 Å². The van der Waals surface area contributed by atoms with Crippen molar-refractivity contribution in [1.82, 2.24) is 9.97 Å². The molecule has 0 saturated heterocycles. The highest BCUT2D eigenvalue weighted by atomic mass is 16.5. The fraction of sp³-hybridized carbons (Fsp3) is 0.273. The van der Waals surface area contributed by atoms with Crippen molar-refractivity contribution in [3.05, 3.63) is 60.8 Å². The second-order valence-electron chi connectivity index (χ2n) is 6.50. The molecule has 2 aromatic carbocycles. The van der Waals surface area contributed by atoms with Gasteiger partial charge in [0.05, 0.1) is 25.4 Å². The Morgan fingerprint density at radius 1 is 0.966 bits per heavy atom. The highest BCUT2D eigenvalue weighted by Gasteiger charge is 2.07. The first-order valence-corrected chi connectivity index (χ1v) is 9.50. The summed E-state index contributed by atoms with van der Waals surface area (Å²) in [5.41, 5.74) is 0.821. The number of rotatable bonds is 10. The minimum atomic E-state index is 0.0811. The molecule has 1 aromatic heterocycles. The van der Waals surface area contributed by atoms with Crippen LogP contribution in [0.5, 0.6) is 17.2 Å². The van der Waals surface area contributed by atoms with Gasteiger partial charge < -0.3 is 24.8 Å². The second-order valence-corrected chi connectivity index (χ2v) is 6.50. The Balaban J connectivity index is 1.53. The summed E-state index contributed by atoms with van der Waals surface area (Å²) in [6.07, 6.45) is 1.78. The van der Waals surface area contributed by atoms with Gasteiger partial charge in [0.1, 0.15) is 29.7 Å². The molecule has 152 valence electrons. The van der Waals surface area contributed by atoms with Crippen LogP contribution in [-0.2, 0) is 0 Å². The lowest BCUT2D eigenvalue weighted by molar-refractivity contribution is 0.244. The predicted octanol–water partition coefficient (Wildman–Crippen LogP) is 4.51. The maximum Gasteiger partial charge on any atom is 0.229 e. The van der Waals surface area contributed by atoms with Crippen molar-refractivity contribution < 1.29 is 14.2 Å². The molecule has 0 bridgehead atoms. The number of benzene rings is 2. The lowest BCUT2D eigenvalue weighted by Gasteiger charge is -2.15. The topological polar surface area (TPSA) is 77.5 Å². The van der Waals surface area contributed by atoms with Crippen LogP contribution in [0, 0.1) is 0 Å². The zero-order valence-electron chi connectivity index (χ0n) is 16.9. The van der Waals surface area contributed by atoms with Crippen LogP contribution in [-0.4, -0.2) is 36.3 Å². The Bertz CT molecular complexity index is 901. The monoisotopic (exact) mass is 394 g/mol. The summed E-state index contributed by atoms with van der Waals surface area (Å²) in [7, 11) is 1.64. The van der Waals surface area contributed by atoms with Crippen LogP contribution in [0.4, 0.5) is 17.5 Å². The minimum absolute atomic E-state index is 0.0811. The number of hydrogen-bond donors (Lipinski definition) is 2. The van der Waals surface area contributed by atoms with Gasteiger partial charge in [0.25, 0.3) is 0 Å². The molecule has 0 saturated carbocycles. The smallest absolute Gasteiger partial charge is 0.229 e. The number of ether oxygens (including phenoxy) is 3. The van der Waals surface area contributed by atoms with Gasteiger partial charge in [-0.25, -0.2) is 4.98 Å². The SMILES string of the molecule is COc1ccc(OCCNc2ccnc(Nc3ccccc3OC(C)C)n2)cc1. The normalized spacial score (nSPS) is 10.5. The quantitative estimate of drug-likeness (QED) is 0.490. The molecule has 0 atom stereocenters. The average Bonchev–Trinajstić information content (AvgIpc) is 2.73. The largest absolute Gasteiger partial charge is 0.497 e. The zero-order valence-corrected chi connectivity index (χ0v) is 16.9. The number of aromatic nitrogens is 2. The summed E-state index contributed by atoms with van der Waals surface area (Å²) >= 11 is 0. The van der Waals surface area contributed by atoms with E-state index in [4.69, 9.17) is 14.2 Å². The molecule has 29 heavy (non-hydrogen) atoms. The molecule has 3 rings (SSSR count). The van der Waals surface area contributed by atoms with Crippen molar-refractivity contribution in [1.29, 1.82) is 0 Å².